The monoisotopic (exact) mass is 169 g/mol. The van der Waals surface area contributed by atoms with Crippen molar-refractivity contribution in [2.24, 2.45) is 0 Å². The van der Waals surface area contributed by atoms with Crippen molar-refractivity contribution < 1.29 is 4.79 Å². The molecular formula is C10H19NO. The van der Waals surface area contributed by atoms with E-state index in [1.54, 1.807) is 6.92 Å². The van der Waals surface area contributed by atoms with Gasteiger partial charge in [0.25, 0.3) is 0 Å². The number of hydrogen-bond acceptors (Lipinski definition) is 1. The molecule has 0 aromatic carbocycles. The number of likely N-dealkylation sites (tertiary alicyclic amines) is 1. The van der Waals surface area contributed by atoms with Gasteiger partial charge in [-0.25, -0.2) is 0 Å². The summed E-state index contributed by atoms with van der Waals surface area (Å²) in [6.07, 6.45) is 4.89. The smallest absolute Gasteiger partial charge is 0.219 e. The van der Waals surface area contributed by atoms with Crippen molar-refractivity contribution in [2.45, 2.75) is 58.5 Å². The summed E-state index contributed by atoms with van der Waals surface area (Å²) in [6.45, 7) is 5.99. The second-order valence-electron chi connectivity index (χ2n) is 3.91. The minimum absolute atomic E-state index is 0.233. The van der Waals surface area contributed by atoms with Crippen LogP contribution >= 0.6 is 0 Å². The van der Waals surface area contributed by atoms with Gasteiger partial charge in [0.05, 0.1) is 0 Å². The average Bonchev–Trinajstić information content (AvgIpc) is 2.11. The molecule has 1 heterocycles. The third-order valence-electron chi connectivity index (χ3n) is 2.81. The van der Waals surface area contributed by atoms with Crippen LogP contribution in [0.2, 0.25) is 0 Å². The quantitative estimate of drug-likeness (QED) is 0.544. The first-order chi connectivity index (χ1) is 5.63. The molecule has 0 N–H and O–H groups in total. The summed E-state index contributed by atoms with van der Waals surface area (Å²) in [5.41, 5.74) is 0. The molecule has 1 saturated heterocycles. The van der Waals surface area contributed by atoms with Gasteiger partial charge in [0, 0.05) is 19.0 Å². The molecule has 70 valence electrons. The Balaban J connectivity index is 2.68. The highest BCUT2D eigenvalue weighted by atomic mass is 16.2. The molecule has 2 atom stereocenters. The van der Waals surface area contributed by atoms with Gasteiger partial charge >= 0.3 is 0 Å². The predicted octanol–water partition coefficient (Wildman–Crippen LogP) is 2.19. The van der Waals surface area contributed by atoms with Crippen molar-refractivity contribution in [3.05, 3.63) is 0 Å². The minimum Gasteiger partial charge on any atom is -0.338 e. The Morgan fingerprint density at radius 2 is 1.58 bits per heavy atom. The highest BCUT2D eigenvalue weighted by Gasteiger charge is 2.24. The molecular weight excluding hydrogens is 150 g/mol. The molecule has 1 aliphatic heterocycles. The van der Waals surface area contributed by atoms with E-state index < -0.39 is 0 Å². The predicted molar refractivity (Wildman–Crippen MR) is 49.9 cm³/mol. The number of amides is 1. The molecule has 1 amide bonds. The van der Waals surface area contributed by atoms with Crippen LogP contribution in [-0.4, -0.2) is 22.9 Å². The van der Waals surface area contributed by atoms with Gasteiger partial charge in [-0.1, -0.05) is 12.8 Å². The van der Waals surface area contributed by atoms with E-state index in [0.29, 0.717) is 12.1 Å². The summed E-state index contributed by atoms with van der Waals surface area (Å²) in [5.74, 6) is 0.233. The first kappa shape index (κ1) is 9.56. The highest BCUT2D eigenvalue weighted by Crippen LogP contribution is 2.21. The lowest BCUT2D eigenvalue weighted by Crippen LogP contribution is -2.42. The standard InChI is InChI=1S/C10H19NO/c1-8-6-4-5-7-9(2)11(8)10(3)12/h8-9H,4-7H2,1-3H3. The molecule has 2 unspecified atom stereocenters. The molecule has 0 aliphatic carbocycles. The van der Waals surface area contributed by atoms with Gasteiger partial charge < -0.3 is 4.90 Å². The molecule has 0 saturated carbocycles. The normalized spacial score (nSPS) is 31.4. The molecule has 1 rings (SSSR count). The molecule has 0 aromatic rings. The van der Waals surface area contributed by atoms with E-state index >= 15 is 0 Å². The van der Waals surface area contributed by atoms with Crippen LogP contribution in [0, 0.1) is 0 Å². The summed E-state index contributed by atoms with van der Waals surface area (Å²) >= 11 is 0. The number of hydrogen-bond donors (Lipinski definition) is 0. The van der Waals surface area contributed by atoms with E-state index in [2.05, 4.69) is 13.8 Å². The summed E-state index contributed by atoms with van der Waals surface area (Å²) < 4.78 is 0. The van der Waals surface area contributed by atoms with E-state index in [1.165, 1.54) is 25.7 Å². The average molecular weight is 169 g/mol. The van der Waals surface area contributed by atoms with Crippen LogP contribution in [0.15, 0.2) is 0 Å². The molecule has 0 bridgehead atoms. The van der Waals surface area contributed by atoms with Gasteiger partial charge in [0.15, 0.2) is 0 Å². The van der Waals surface area contributed by atoms with Crippen molar-refractivity contribution in [1.29, 1.82) is 0 Å². The number of rotatable bonds is 0. The lowest BCUT2D eigenvalue weighted by atomic mass is 10.1. The van der Waals surface area contributed by atoms with Crippen LogP contribution < -0.4 is 0 Å². The second kappa shape index (κ2) is 3.92. The number of nitrogens with zero attached hydrogens (tertiary/aromatic N) is 1. The SMILES string of the molecule is CC(=O)N1C(C)CCCCC1C. The maximum atomic E-state index is 11.3. The van der Waals surface area contributed by atoms with E-state index in [0.717, 1.165) is 0 Å². The van der Waals surface area contributed by atoms with Crippen LogP contribution in [-0.2, 0) is 4.79 Å². The van der Waals surface area contributed by atoms with E-state index in [4.69, 9.17) is 0 Å². The Hall–Kier alpha value is -0.530. The topological polar surface area (TPSA) is 20.3 Å². The van der Waals surface area contributed by atoms with Crippen LogP contribution in [0.4, 0.5) is 0 Å². The molecule has 2 heteroatoms. The van der Waals surface area contributed by atoms with Crippen molar-refractivity contribution >= 4 is 5.91 Å². The van der Waals surface area contributed by atoms with Crippen molar-refractivity contribution in [3.8, 4) is 0 Å². The summed E-state index contributed by atoms with van der Waals surface area (Å²) in [6, 6.07) is 0.889. The zero-order chi connectivity index (χ0) is 9.14. The lowest BCUT2D eigenvalue weighted by molar-refractivity contribution is -0.132. The summed E-state index contributed by atoms with van der Waals surface area (Å²) in [5, 5.41) is 0. The van der Waals surface area contributed by atoms with Crippen molar-refractivity contribution in [3.63, 3.8) is 0 Å². The Labute approximate surface area is 74.9 Å². The number of carbonyl (C=O) groups excluding carboxylic acids is 1. The zero-order valence-electron chi connectivity index (χ0n) is 8.34. The van der Waals surface area contributed by atoms with Crippen LogP contribution in [0.3, 0.4) is 0 Å². The summed E-state index contributed by atoms with van der Waals surface area (Å²) in [7, 11) is 0. The molecule has 1 fully saturated rings. The molecule has 12 heavy (non-hydrogen) atoms. The van der Waals surface area contributed by atoms with Gasteiger partial charge in [-0.2, -0.15) is 0 Å². The first-order valence-electron chi connectivity index (χ1n) is 4.92. The fraction of sp³-hybridized carbons (Fsp3) is 0.900. The van der Waals surface area contributed by atoms with Crippen LogP contribution in [0.5, 0.6) is 0 Å². The van der Waals surface area contributed by atoms with Gasteiger partial charge in [0.2, 0.25) is 5.91 Å². The molecule has 0 spiro atoms. The lowest BCUT2D eigenvalue weighted by Gasteiger charge is -2.31. The van der Waals surface area contributed by atoms with E-state index in [-0.39, 0.29) is 5.91 Å². The fourth-order valence-electron chi connectivity index (χ4n) is 2.21. The first-order valence-corrected chi connectivity index (χ1v) is 4.92. The van der Waals surface area contributed by atoms with Gasteiger partial charge in [-0.3, -0.25) is 4.79 Å². The highest BCUT2D eigenvalue weighted by molar-refractivity contribution is 5.73. The van der Waals surface area contributed by atoms with Gasteiger partial charge in [0.1, 0.15) is 0 Å². The van der Waals surface area contributed by atoms with Crippen molar-refractivity contribution in [1.82, 2.24) is 4.90 Å². The Morgan fingerprint density at radius 3 is 1.92 bits per heavy atom. The van der Waals surface area contributed by atoms with Crippen molar-refractivity contribution in [2.75, 3.05) is 0 Å². The maximum absolute atomic E-state index is 11.3. The maximum Gasteiger partial charge on any atom is 0.219 e. The Morgan fingerprint density at radius 1 is 1.17 bits per heavy atom. The second-order valence-corrected chi connectivity index (χ2v) is 3.91. The molecule has 2 nitrogen and oxygen atoms in total. The Kier molecular flexibility index (Phi) is 3.12. The fourth-order valence-corrected chi connectivity index (χ4v) is 2.21. The summed E-state index contributed by atoms with van der Waals surface area (Å²) in [4.78, 5) is 13.3. The minimum atomic E-state index is 0.233. The molecule has 1 aliphatic rings. The van der Waals surface area contributed by atoms with Crippen LogP contribution in [0.1, 0.15) is 46.5 Å². The third kappa shape index (κ3) is 1.99. The molecule has 0 radical (unpaired) electrons. The largest absolute Gasteiger partial charge is 0.338 e. The van der Waals surface area contributed by atoms with Gasteiger partial charge in [-0.15, -0.1) is 0 Å². The molecule has 0 aromatic heterocycles. The zero-order valence-corrected chi connectivity index (χ0v) is 8.34. The Bertz CT molecular complexity index is 155. The van der Waals surface area contributed by atoms with Gasteiger partial charge in [-0.05, 0) is 26.7 Å². The van der Waals surface area contributed by atoms with E-state index in [1.807, 2.05) is 4.90 Å². The van der Waals surface area contributed by atoms with E-state index in [9.17, 15) is 4.79 Å². The third-order valence-corrected chi connectivity index (χ3v) is 2.81. The van der Waals surface area contributed by atoms with Crippen LogP contribution in [0.25, 0.3) is 0 Å². The number of carbonyl (C=O) groups is 1.